The van der Waals surface area contributed by atoms with E-state index in [2.05, 4.69) is 45.1 Å². The smallest absolute Gasteiger partial charge is 0.306 e. The Hall–Kier alpha value is -2.11. The lowest BCUT2D eigenvalue weighted by Crippen LogP contribution is -2.30. The summed E-state index contributed by atoms with van der Waals surface area (Å²) in [6, 6.07) is 0. The summed E-state index contributed by atoms with van der Waals surface area (Å²) in [6.07, 6.45) is 70.9. The fourth-order valence-electron chi connectivity index (χ4n) is 9.48. The lowest BCUT2D eigenvalue weighted by atomic mass is 10.0. The Morgan fingerprint density at radius 3 is 0.843 bits per heavy atom. The van der Waals surface area contributed by atoms with Gasteiger partial charge in [0.25, 0.3) is 0 Å². The number of esters is 3. The third-order valence-corrected chi connectivity index (χ3v) is 14.2. The Balaban J connectivity index is 3.96. The molecule has 0 spiro atoms. The second-order valence-electron chi connectivity index (χ2n) is 21.3. The van der Waals surface area contributed by atoms with Crippen molar-refractivity contribution < 1.29 is 28.6 Å². The molecule has 70 heavy (non-hydrogen) atoms. The Kier molecular flexibility index (Phi) is 57.7. The van der Waals surface area contributed by atoms with E-state index in [1.165, 1.54) is 218 Å². The molecule has 0 radical (unpaired) electrons. The molecule has 0 fully saturated rings. The second-order valence-corrected chi connectivity index (χ2v) is 21.3. The first-order valence-electron chi connectivity index (χ1n) is 31.3. The molecule has 0 saturated heterocycles. The summed E-state index contributed by atoms with van der Waals surface area (Å²) >= 11 is 0. The molecule has 1 unspecified atom stereocenters. The van der Waals surface area contributed by atoms with Crippen LogP contribution in [0.4, 0.5) is 0 Å². The molecule has 6 nitrogen and oxygen atoms in total. The van der Waals surface area contributed by atoms with Crippen LogP contribution < -0.4 is 0 Å². The minimum Gasteiger partial charge on any atom is -0.462 e. The molecule has 0 amide bonds. The molecule has 0 aromatic heterocycles. The summed E-state index contributed by atoms with van der Waals surface area (Å²) in [7, 11) is 0. The monoisotopic (exact) mass is 985 g/mol. The van der Waals surface area contributed by atoms with E-state index >= 15 is 0 Å². The first kappa shape index (κ1) is 67.9. The fraction of sp³-hybridized carbons (Fsp3) is 0.891. The maximum Gasteiger partial charge on any atom is 0.306 e. The van der Waals surface area contributed by atoms with Gasteiger partial charge in [-0.1, -0.05) is 308 Å². The zero-order valence-corrected chi connectivity index (χ0v) is 47.3. The van der Waals surface area contributed by atoms with Crippen LogP contribution in [0.15, 0.2) is 24.3 Å². The van der Waals surface area contributed by atoms with Crippen molar-refractivity contribution in [2.24, 2.45) is 0 Å². The highest BCUT2D eigenvalue weighted by molar-refractivity contribution is 5.71. The van der Waals surface area contributed by atoms with Crippen LogP contribution >= 0.6 is 0 Å². The minimum atomic E-state index is -0.772. The van der Waals surface area contributed by atoms with Gasteiger partial charge in [0.2, 0.25) is 0 Å². The minimum absolute atomic E-state index is 0.0723. The van der Waals surface area contributed by atoms with E-state index in [1.807, 2.05) is 0 Å². The summed E-state index contributed by atoms with van der Waals surface area (Å²) in [5, 5.41) is 0. The third-order valence-electron chi connectivity index (χ3n) is 14.2. The Morgan fingerprint density at radius 2 is 0.543 bits per heavy atom. The molecule has 0 aliphatic carbocycles. The first-order chi connectivity index (χ1) is 34.5. The number of hydrogen-bond acceptors (Lipinski definition) is 6. The van der Waals surface area contributed by atoms with Crippen LogP contribution in [0, 0.1) is 0 Å². The number of rotatable bonds is 58. The van der Waals surface area contributed by atoms with Gasteiger partial charge in [0, 0.05) is 19.3 Å². The van der Waals surface area contributed by atoms with Crippen molar-refractivity contribution in [3.05, 3.63) is 24.3 Å². The molecule has 1 atom stereocenters. The fourth-order valence-corrected chi connectivity index (χ4v) is 9.48. The maximum absolute atomic E-state index is 12.8. The Bertz CT molecular complexity index is 1130. The molecular weight excluding hydrogens is 865 g/mol. The summed E-state index contributed by atoms with van der Waals surface area (Å²) in [5.41, 5.74) is 0. The lowest BCUT2D eigenvalue weighted by Gasteiger charge is -2.18. The van der Waals surface area contributed by atoms with Gasteiger partial charge >= 0.3 is 17.9 Å². The normalized spacial score (nSPS) is 12.1. The first-order valence-corrected chi connectivity index (χ1v) is 31.3. The van der Waals surface area contributed by atoms with E-state index in [9.17, 15) is 14.4 Å². The average Bonchev–Trinajstić information content (AvgIpc) is 3.36. The van der Waals surface area contributed by atoms with Gasteiger partial charge in [-0.15, -0.1) is 0 Å². The van der Waals surface area contributed by atoms with E-state index in [0.717, 1.165) is 89.9 Å². The van der Waals surface area contributed by atoms with Crippen molar-refractivity contribution in [2.75, 3.05) is 13.2 Å². The molecule has 0 aliphatic rings. The predicted molar refractivity (Wildman–Crippen MR) is 303 cm³/mol. The molecular formula is C64H120O6. The van der Waals surface area contributed by atoms with Crippen LogP contribution in [-0.4, -0.2) is 37.2 Å². The number of carbonyl (C=O) groups is 3. The molecule has 0 heterocycles. The average molecular weight is 986 g/mol. The van der Waals surface area contributed by atoms with Crippen LogP contribution in [0.5, 0.6) is 0 Å². The van der Waals surface area contributed by atoms with Gasteiger partial charge < -0.3 is 14.2 Å². The molecule has 0 aliphatic heterocycles. The van der Waals surface area contributed by atoms with Crippen LogP contribution in [0.1, 0.15) is 348 Å². The number of unbranched alkanes of at least 4 members (excludes halogenated alkanes) is 43. The highest BCUT2D eigenvalue weighted by Gasteiger charge is 2.19. The standard InChI is InChI=1S/C64H120O6/c1-4-7-10-13-16-19-21-23-24-25-26-27-28-29-30-31-32-33-34-35-36-37-38-39-40-42-43-45-48-51-54-57-63(66)69-60-61(59-68-62(65)56-53-50-47-18-15-12-9-6-3)70-64(67)58-55-52-49-46-44-41-22-20-17-14-11-8-5-2/h11,14,20,22,61H,4-10,12-13,15-19,21,23-60H2,1-3H3/b14-11-,22-20-. The number of allylic oxidation sites excluding steroid dienone is 4. The van der Waals surface area contributed by atoms with Crippen LogP contribution in [0.2, 0.25) is 0 Å². The highest BCUT2D eigenvalue weighted by atomic mass is 16.6. The van der Waals surface area contributed by atoms with Gasteiger partial charge in [0.1, 0.15) is 13.2 Å². The quantitative estimate of drug-likeness (QED) is 0.0261. The zero-order valence-electron chi connectivity index (χ0n) is 47.3. The van der Waals surface area contributed by atoms with Crippen molar-refractivity contribution in [1.29, 1.82) is 0 Å². The largest absolute Gasteiger partial charge is 0.462 e. The number of carbonyl (C=O) groups excluding carboxylic acids is 3. The third kappa shape index (κ3) is 56.8. The molecule has 6 heteroatoms. The topological polar surface area (TPSA) is 78.9 Å². The van der Waals surface area contributed by atoms with Crippen molar-refractivity contribution >= 4 is 17.9 Å². The molecule has 0 rings (SSSR count). The van der Waals surface area contributed by atoms with Gasteiger partial charge in [-0.3, -0.25) is 14.4 Å². The van der Waals surface area contributed by atoms with Crippen molar-refractivity contribution in [3.63, 3.8) is 0 Å². The Morgan fingerprint density at radius 1 is 0.286 bits per heavy atom. The van der Waals surface area contributed by atoms with E-state index in [0.29, 0.717) is 19.3 Å². The predicted octanol–water partition coefficient (Wildman–Crippen LogP) is 21.1. The molecule has 0 N–H and O–H groups in total. The second kappa shape index (κ2) is 59.5. The summed E-state index contributed by atoms with van der Waals surface area (Å²) < 4.78 is 16.8. The van der Waals surface area contributed by atoms with E-state index in [1.54, 1.807) is 0 Å². The van der Waals surface area contributed by atoms with E-state index in [4.69, 9.17) is 14.2 Å². The summed E-state index contributed by atoms with van der Waals surface area (Å²) in [4.78, 5) is 38.0. The molecule has 0 saturated carbocycles. The molecule has 0 bridgehead atoms. The van der Waals surface area contributed by atoms with Crippen molar-refractivity contribution in [3.8, 4) is 0 Å². The molecule has 412 valence electrons. The zero-order chi connectivity index (χ0) is 50.7. The van der Waals surface area contributed by atoms with Gasteiger partial charge in [0.15, 0.2) is 6.10 Å². The van der Waals surface area contributed by atoms with Gasteiger partial charge in [0.05, 0.1) is 0 Å². The van der Waals surface area contributed by atoms with Crippen LogP contribution in [-0.2, 0) is 28.6 Å². The maximum atomic E-state index is 12.8. The van der Waals surface area contributed by atoms with E-state index < -0.39 is 6.10 Å². The van der Waals surface area contributed by atoms with Gasteiger partial charge in [-0.25, -0.2) is 0 Å². The highest BCUT2D eigenvalue weighted by Crippen LogP contribution is 2.18. The number of hydrogen-bond donors (Lipinski definition) is 0. The summed E-state index contributed by atoms with van der Waals surface area (Å²) in [6.45, 7) is 6.58. The van der Waals surface area contributed by atoms with Crippen molar-refractivity contribution in [1.82, 2.24) is 0 Å². The van der Waals surface area contributed by atoms with E-state index in [-0.39, 0.29) is 31.1 Å². The number of ether oxygens (including phenoxy) is 3. The van der Waals surface area contributed by atoms with Gasteiger partial charge in [-0.05, 0) is 44.9 Å². The van der Waals surface area contributed by atoms with Crippen LogP contribution in [0.3, 0.4) is 0 Å². The SMILES string of the molecule is CCC/C=C\C/C=C\CCCCCCCC(=O)OC(COC(=O)CCCCCCCCCC)COC(=O)CCCCCCCCCCCCCCCCCCCCCCCCCCCCCCCCC. The summed E-state index contributed by atoms with van der Waals surface area (Å²) in [5.74, 6) is -0.873. The van der Waals surface area contributed by atoms with Crippen LogP contribution in [0.25, 0.3) is 0 Å². The Labute approximate surface area is 436 Å². The molecule has 0 aromatic rings. The lowest BCUT2D eigenvalue weighted by molar-refractivity contribution is -0.167. The van der Waals surface area contributed by atoms with Gasteiger partial charge in [-0.2, -0.15) is 0 Å². The molecule has 0 aromatic carbocycles. The van der Waals surface area contributed by atoms with Crippen molar-refractivity contribution in [2.45, 2.75) is 354 Å².